The van der Waals surface area contributed by atoms with Gasteiger partial charge in [-0.05, 0) is 24.1 Å². The highest BCUT2D eigenvalue weighted by molar-refractivity contribution is 6.08. The largest absolute Gasteiger partial charge is 0.313 e. The van der Waals surface area contributed by atoms with Crippen molar-refractivity contribution in [1.29, 1.82) is 0 Å². The van der Waals surface area contributed by atoms with E-state index in [9.17, 15) is 9.59 Å². The zero-order chi connectivity index (χ0) is 17.3. The number of rotatable bonds is 4. The third-order valence-corrected chi connectivity index (χ3v) is 4.61. The van der Waals surface area contributed by atoms with E-state index in [2.05, 4.69) is 10.9 Å². The summed E-state index contributed by atoms with van der Waals surface area (Å²) in [5.41, 5.74) is 7.05. The molecule has 1 unspecified atom stereocenters. The second-order valence-corrected chi connectivity index (χ2v) is 6.29. The van der Waals surface area contributed by atoms with Crippen molar-refractivity contribution in [1.82, 2.24) is 10.9 Å². The summed E-state index contributed by atoms with van der Waals surface area (Å²) in [6, 6.07) is 16.6. The number of hydrazine groups is 1. The van der Waals surface area contributed by atoms with Crippen LogP contribution in [0, 0.1) is 5.92 Å². The first-order valence-corrected chi connectivity index (χ1v) is 7.98. The number of para-hydroxylation sites is 1. The van der Waals surface area contributed by atoms with Gasteiger partial charge in [-0.15, -0.1) is 0 Å². The fourth-order valence-electron chi connectivity index (χ4n) is 3.23. The van der Waals surface area contributed by atoms with Gasteiger partial charge in [0.2, 0.25) is 0 Å². The number of amides is 2. The zero-order valence-electron chi connectivity index (χ0n) is 14.0. The summed E-state index contributed by atoms with van der Waals surface area (Å²) in [7, 11) is 1.76. The van der Waals surface area contributed by atoms with Crippen LogP contribution in [0.25, 0.3) is 0 Å². The molecule has 3 rings (SSSR count). The summed E-state index contributed by atoms with van der Waals surface area (Å²) in [6.45, 7) is 3.94. The molecule has 0 saturated heterocycles. The lowest BCUT2D eigenvalue weighted by molar-refractivity contribution is -0.126. The minimum absolute atomic E-state index is 0.0489. The predicted octanol–water partition coefficient (Wildman–Crippen LogP) is 2.45. The number of likely N-dealkylation sites (N-methyl/N-ethyl adjacent to an activating group) is 1. The number of nitrogens with zero attached hydrogens (tertiary/aromatic N) is 1. The average Bonchev–Trinajstić information content (AvgIpc) is 2.83. The van der Waals surface area contributed by atoms with Crippen LogP contribution >= 0.6 is 0 Å². The Morgan fingerprint density at radius 1 is 1.04 bits per heavy atom. The quantitative estimate of drug-likeness (QED) is 0.850. The van der Waals surface area contributed by atoms with Crippen LogP contribution in [-0.4, -0.2) is 18.9 Å². The molecule has 1 aliphatic rings. The van der Waals surface area contributed by atoms with Gasteiger partial charge in [0, 0.05) is 23.9 Å². The van der Waals surface area contributed by atoms with E-state index >= 15 is 0 Å². The molecular weight excluding hydrogens is 302 g/mol. The molecule has 0 saturated carbocycles. The molecule has 1 aliphatic heterocycles. The standard InChI is InChI=1S/C19H21N3O2/c1-13(2)19(21-20-17(23)14-9-5-4-6-10-14)15-11-7-8-12-16(15)22(3)18(19)24/h4-13,21H,1-3H3,(H,20,23). The van der Waals surface area contributed by atoms with Crippen molar-refractivity contribution in [2.24, 2.45) is 5.92 Å². The lowest BCUT2D eigenvalue weighted by atomic mass is 9.81. The van der Waals surface area contributed by atoms with Crippen LogP contribution in [0.3, 0.4) is 0 Å². The monoisotopic (exact) mass is 323 g/mol. The molecule has 2 aromatic rings. The molecule has 5 heteroatoms. The molecule has 0 fully saturated rings. The van der Waals surface area contributed by atoms with Crippen molar-refractivity contribution in [3.05, 3.63) is 65.7 Å². The number of anilines is 1. The van der Waals surface area contributed by atoms with E-state index in [-0.39, 0.29) is 17.7 Å². The van der Waals surface area contributed by atoms with Crippen molar-refractivity contribution < 1.29 is 9.59 Å². The molecule has 0 aliphatic carbocycles. The molecule has 5 nitrogen and oxygen atoms in total. The van der Waals surface area contributed by atoms with Crippen molar-refractivity contribution in [2.45, 2.75) is 19.4 Å². The maximum absolute atomic E-state index is 13.0. The van der Waals surface area contributed by atoms with Crippen LogP contribution in [0.15, 0.2) is 54.6 Å². The van der Waals surface area contributed by atoms with Gasteiger partial charge in [-0.3, -0.25) is 15.0 Å². The Bertz CT molecular complexity index is 773. The maximum Gasteiger partial charge on any atom is 0.265 e. The van der Waals surface area contributed by atoms with E-state index in [0.717, 1.165) is 11.3 Å². The van der Waals surface area contributed by atoms with Gasteiger partial charge in [-0.2, -0.15) is 0 Å². The number of carbonyl (C=O) groups is 2. The Morgan fingerprint density at radius 3 is 2.33 bits per heavy atom. The average molecular weight is 323 g/mol. The molecule has 24 heavy (non-hydrogen) atoms. The van der Waals surface area contributed by atoms with E-state index in [0.29, 0.717) is 5.56 Å². The van der Waals surface area contributed by atoms with Gasteiger partial charge in [0.1, 0.15) is 5.54 Å². The Kier molecular flexibility index (Phi) is 4.11. The summed E-state index contributed by atoms with van der Waals surface area (Å²) < 4.78 is 0. The molecule has 2 aromatic carbocycles. The molecule has 0 aromatic heterocycles. The highest BCUT2D eigenvalue weighted by atomic mass is 16.2. The van der Waals surface area contributed by atoms with Crippen molar-refractivity contribution in [3.63, 3.8) is 0 Å². The predicted molar refractivity (Wildman–Crippen MR) is 93.4 cm³/mol. The van der Waals surface area contributed by atoms with Crippen LogP contribution in [0.2, 0.25) is 0 Å². The minimum Gasteiger partial charge on any atom is -0.313 e. The third kappa shape index (κ3) is 2.37. The van der Waals surface area contributed by atoms with E-state index < -0.39 is 5.54 Å². The molecule has 1 atom stereocenters. The van der Waals surface area contributed by atoms with Crippen LogP contribution in [-0.2, 0) is 10.3 Å². The number of hydrogen-bond acceptors (Lipinski definition) is 3. The summed E-state index contributed by atoms with van der Waals surface area (Å²) >= 11 is 0. The molecule has 0 radical (unpaired) electrons. The van der Waals surface area contributed by atoms with Crippen molar-refractivity contribution >= 4 is 17.5 Å². The molecule has 1 heterocycles. The lowest BCUT2D eigenvalue weighted by Gasteiger charge is -2.33. The highest BCUT2D eigenvalue weighted by Crippen LogP contribution is 2.43. The Labute approximate surface area is 141 Å². The van der Waals surface area contributed by atoms with E-state index in [4.69, 9.17) is 0 Å². The minimum atomic E-state index is -0.976. The zero-order valence-corrected chi connectivity index (χ0v) is 14.0. The Hall–Kier alpha value is -2.66. The van der Waals surface area contributed by atoms with E-state index in [1.807, 2.05) is 44.2 Å². The fourth-order valence-corrected chi connectivity index (χ4v) is 3.23. The second-order valence-electron chi connectivity index (χ2n) is 6.29. The number of benzene rings is 2. The van der Waals surface area contributed by atoms with Gasteiger partial charge in [0.25, 0.3) is 11.8 Å². The highest BCUT2D eigenvalue weighted by Gasteiger charge is 2.52. The molecular formula is C19H21N3O2. The summed E-state index contributed by atoms with van der Waals surface area (Å²) in [5, 5.41) is 0. The van der Waals surface area contributed by atoms with Gasteiger partial charge in [0.15, 0.2) is 0 Å². The Balaban J connectivity index is 1.93. The first kappa shape index (κ1) is 16.2. The number of fused-ring (bicyclic) bond motifs is 1. The van der Waals surface area contributed by atoms with Crippen LogP contribution < -0.4 is 15.8 Å². The van der Waals surface area contributed by atoms with Gasteiger partial charge in [-0.25, -0.2) is 5.43 Å². The number of carbonyl (C=O) groups excluding carboxylic acids is 2. The smallest absolute Gasteiger partial charge is 0.265 e. The van der Waals surface area contributed by atoms with Crippen molar-refractivity contribution in [2.75, 3.05) is 11.9 Å². The van der Waals surface area contributed by atoms with Crippen LogP contribution in [0.4, 0.5) is 5.69 Å². The van der Waals surface area contributed by atoms with Gasteiger partial charge < -0.3 is 4.90 Å². The molecule has 124 valence electrons. The van der Waals surface area contributed by atoms with E-state index in [1.165, 1.54) is 0 Å². The summed E-state index contributed by atoms with van der Waals surface area (Å²) in [6.07, 6.45) is 0. The first-order chi connectivity index (χ1) is 11.5. The molecule has 0 spiro atoms. The lowest BCUT2D eigenvalue weighted by Crippen LogP contribution is -2.59. The third-order valence-electron chi connectivity index (χ3n) is 4.61. The van der Waals surface area contributed by atoms with Crippen LogP contribution in [0.1, 0.15) is 29.8 Å². The number of nitrogens with one attached hydrogen (secondary N) is 2. The summed E-state index contributed by atoms with van der Waals surface area (Å²) in [4.78, 5) is 27.0. The van der Waals surface area contributed by atoms with Gasteiger partial charge >= 0.3 is 0 Å². The summed E-state index contributed by atoms with van der Waals surface area (Å²) in [5.74, 6) is -0.394. The maximum atomic E-state index is 13.0. The van der Waals surface area contributed by atoms with Crippen LogP contribution in [0.5, 0.6) is 0 Å². The molecule has 0 bridgehead atoms. The number of hydrogen-bond donors (Lipinski definition) is 2. The normalized spacial score (nSPS) is 19.5. The Morgan fingerprint density at radius 2 is 1.67 bits per heavy atom. The molecule has 2 amide bonds. The van der Waals surface area contributed by atoms with Gasteiger partial charge in [-0.1, -0.05) is 50.2 Å². The topological polar surface area (TPSA) is 61.4 Å². The van der Waals surface area contributed by atoms with Crippen molar-refractivity contribution in [3.8, 4) is 0 Å². The second kappa shape index (κ2) is 6.09. The van der Waals surface area contributed by atoms with E-state index in [1.54, 1.807) is 36.2 Å². The fraction of sp³-hybridized carbons (Fsp3) is 0.263. The van der Waals surface area contributed by atoms with Gasteiger partial charge in [0.05, 0.1) is 0 Å². The SMILES string of the molecule is CC(C)C1(NNC(=O)c2ccccc2)C(=O)N(C)c2ccccc21. The molecule has 2 N–H and O–H groups in total. The first-order valence-electron chi connectivity index (χ1n) is 7.98.